The standard InChI is InChI=1S/C9H18O.C6H14O3/c1-2-3-8-10-9-6-4-5-7-9;1-5(8)4-9-6(2)3-7/h9H,2-8H2,1H3;5-8H,3-4H2,1-2H3. The summed E-state index contributed by atoms with van der Waals surface area (Å²) in [5.74, 6) is 0. The maximum atomic E-state index is 8.69. The summed E-state index contributed by atoms with van der Waals surface area (Å²) >= 11 is 0. The molecule has 116 valence electrons. The maximum Gasteiger partial charge on any atom is 0.0779 e. The molecule has 0 amide bonds. The number of aliphatic hydroxyl groups is 2. The monoisotopic (exact) mass is 276 g/mol. The van der Waals surface area contributed by atoms with E-state index in [0.717, 1.165) is 6.61 Å². The Labute approximate surface area is 118 Å². The van der Waals surface area contributed by atoms with Gasteiger partial charge in [0.2, 0.25) is 0 Å². The van der Waals surface area contributed by atoms with Crippen LogP contribution >= 0.6 is 0 Å². The Morgan fingerprint density at radius 1 is 1.21 bits per heavy atom. The van der Waals surface area contributed by atoms with E-state index in [1.807, 2.05) is 0 Å². The minimum Gasteiger partial charge on any atom is -0.394 e. The number of ether oxygens (including phenoxy) is 2. The van der Waals surface area contributed by atoms with E-state index in [0.29, 0.717) is 12.7 Å². The van der Waals surface area contributed by atoms with Crippen LogP contribution in [0.15, 0.2) is 0 Å². The van der Waals surface area contributed by atoms with E-state index in [1.54, 1.807) is 13.8 Å². The van der Waals surface area contributed by atoms with Gasteiger partial charge in [0.05, 0.1) is 31.5 Å². The quantitative estimate of drug-likeness (QED) is 0.669. The molecule has 19 heavy (non-hydrogen) atoms. The highest BCUT2D eigenvalue weighted by Crippen LogP contribution is 2.20. The number of hydrogen-bond acceptors (Lipinski definition) is 4. The number of aliphatic hydroxyl groups excluding tert-OH is 2. The van der Waals surface area contributed by atoms with Crippen molar-refractivity contribution in [1.82, 2.24) is 0 Å². The summed E-state index contributed by atoms with van der Waals surface area (Å²) in [6.07, 6.45) is 7.88. The lowest BCUT2D eigenvalue weighted by molar-refractivity contribution is -0.0177. The molecule has 0 radical (unpaired) electrons. The molecule has 1 aliphatic carbocycles. The summed E-state index contributed by atoms with van der Waals surface area (Å²) in [4.78, 5) is 0. The van der Waals surface area contributed by atoms with Gasteiger partial charge in [-0.15, -0.1) is 0 Å². The van der Waals surface area contributed by atoms with Crippen molar-refractivity contribution in [2.75, 3.05) is 19.8 Å². The molecule has 1 rings (SSSR count). The van der Waals surface area contributed by atoms with Crippen LogP contribution in [0.2, 0.25) is 0 Å². The van der Waals surface area contributed by atoms with Gasteiger partial charge < -0.3 is 19.7 Å². The number of hydrogen-bond donors (Lipinski definition) is 2. The smallest absolute Gasteiger partial charge is 0.0779 e. The lowest BCUT2D eigenvalue weighted by Gasteiger charge is -2.10. The van der Waals surface area contributed by atoms with Crippen molar-refractivity contribution in [2.24, 2.45) is 0 Å². The van der Waals surface area contributed by atoms with Crippen molar-refractivity contribution >= 4 is 0 Å². The van der Waals surface area contributed by atoms with E-state index >= 15 is 0 Å². The van der Waals surface area contributed by atoms with E-state index in [9.17, 15) is 0 Å². The summed E-state index contributed by atoms with van der Waals surface area (Å²) in [5, 5.41) is 17.1. The van der Waals surface area contributed by atoms with E-state index in [-0.39, 0.29) is 12.7 Å². The fourth-order valence-electron chi connectivity index (χ4n) is 1.81. The molecule has 0 heterocycles. The molecule has 0 bridgehead atoms. The van der Waals surface area contributed by atoms with Gasteiger partial charge in [0.1, 0.15) is 0 Å². The zero-order valence-corrected chi connectivity index (χ0v) is 12.8. The van der Waals surface area contributed by atoms with Gasteiger partial charge in [0.25, 0.3) is 0 Å². The normalized spacial score (nSPS) is 18.8. The molecular weight excluding hydrogens is 244 g/mol. The van der Waals surface area contributed by atoms with Crippen molar-refractivity contribution in [1.29, 1.82) is 0 Å². The highest BCUT2D eigenvalue weighted by molar-refractivity contribution is 4.66. The van der Waals surface area contributed by atoms with Gasteiger partial charge in [-0.05, 0) is 33.1 Å². The van der Waals surface area contributed by atoms with Crippen LogP contribution in [0.25, 0.3) is 0 Å². The third-order valence-electron chi connectivity index (χ3n) is 3.03. The number of rotatable bonds is 8. The Morgan fingerprint density at radius 2 is 1.84 bits per heavy atom. The SMILES string of the molecule is CC(O)COC(C)CO.CCCCOC1CCCC1. The molecule has 2 unspecified atom stereocenters. The third-order valence-corrected chi connectivity index (χ3v) is 3.03. The zero-order valence-electron chi connectivity index (χ0n) is 12.8. The molecule has 1 aliphatic rings. The van der Waals surface area contributed by atoms with E-state index < -0.39 is 6.10 Å². The highest BCUT2D eigenvalue weighted by atomic mass is 16.5. The Kier molecular flexibility index (Phi) is 12.7. The largest absolute Gasteiger partial charge is 0.394 e. The predicted octanol–water partition coefficient (Wildman–Crippen LogP) is 2.51. The van der Waals surface area contributed by atoms with Gasteiger partial charge >= 0.3 is 0 Å². The van der Waals surface area contributed by atoms with E-state index in [2.05, 4.69) is 6.92 Å². The summed E-state index contributed by atoms with van der Waals surface area (Å²) in [6, 6.07) is 0. The fourth-order valence-corrected chi connectivity index (χ4v) is 1.81. The summed E-state index contributed by atoms with van der Waals surface area (Å²) < 4.78 is 10.6. The highest BCUT2D eigenvalue weighted by Gasteiger charge is 2.14. The van der Waals surface area contributed by atoms with Gasteiger partial charge in [-0.3, -0.25) is 0 Å². The lowest BCUT2D eigenvalue weighted by atomic mass is 10.3. The Hall–Kier alpha value is -0.160. The van der Waals surface area contributed by atoms with Crippen LogP contribution in [0.5, 0.6) is 0 Å². The van der Waals surface area contributed by atoms with Crippen LogP contribution in [0.1, 0.15) is 59.3 Å². The second-order valence-electron chi connectivity index (χ2n) is 5.31. The van der Waals surface area contributed by atoms with Crippen LogP contribution in [-0.4, -0.2) is 48.3 Å². The third kappa shape index (κ3) is 12.6. The van der Waals surface area contributed by atoms with Crippen LogP contribution in [0.4, 0.5) is 0 Å². The first-order valence-electron chi connectivity index (χ1n) is 7.62. The summed E-state index contributed by atoms with van der Waals surface area (Å²) in [7, 11) is 0. The second kappa shape index (κ2) is 12.9. The van der Waals surface area contributed by atoms with Gasteiger partial charge in [-0.1, -0.05) is 26.2 Å². The molecule has 4 nitrogen and oxygen atoms in total. The Bertz CT molecular complexity index is 179. The molecule has 2 atom stereocenters. The molecule has 0 saturated heterocycles. The Morgan fingerprint density at radius 3 is 2.32 bits per heavy atom. The van der Waals surface area contributed by atoms with Crippen molar-refractivity contribution in [3.8, 4) is 0 Å². The molecule has 0 aromatic heterocycles. The van der Waals surface area contributed by atoms with E-state index in [4.69, 9.17) is 19.7 Å². The van der Waals surface area contributed by atoms with Gasteiger partial charge in [-0.25, -0.2) is 0 Å². The average molecular weight is 276 g/mol. The minimum atomic E-state index is -0.445. The van der Waals surface area contributed by atoms with Crippen LogP contribution in [0.3, 0.4) is 0 Å². The molecular formula is C15H32O4. The van der Waals surface area contributed by atoms with Gasteiger partial charge in [0, 0.05) is 6.61 Å². The van der Waals surface area contributed by atoms with Crippen molar-refractivity contribution in [2.45, 2.75) is 77.6 Å². The first-order chi connectivity index (χ1) is 9.10. The molecule has 4 heteroatoms. The van der Waals surface area contributed by atoms with Gasteiger partial charge in [-0.2, -0.15) is 0 Å². The lowest BCUT2D eigenvalue weighted by Crippen LogP contribution is -2.19. The molecule has 0 aliphatic heterocycles. The van der Waals surface area contributed by atoms with Crippen molar-refractivity contribution in [3.05, 3.63) is 0 Å². The van der Waals surface area contributed by atoms with Gasteiger partial charge in [0.15, 0.2) is 0 Å². The Balaban J connectivity index is 0.000000344. The summed E-state index contributed by atoms with van der Waals surface area (Å²) in [5.41, 5.74) is 0. The molecule has 0 aromatic carbocycles. The first kappa shape index (κ1) is 18.8. The molecule has 1 saturated carbocycles. The average Bonchev–Trinajstić information content (AvgIpc) is 2.90. The fraction of sp³-hybridized carbons (Fsp3) is 1.00. The second-order valence-corrected chi connectivity index (χ2v) is 5.31. The first-order valence-corrected chi connectivity index (χ1v) is 7.62. The molecule has 0 spiro atoms. The predicted molar refractivity (Wildman–Crippen MR) is 77.3 cm³/mol. The van der Waals surface area contributed by atoms with Crippen molar-refractivity contribution < 1.29 is 19.7 Å². The minimum absolute atomic E-state index is 0.00667. The molecule has 2 N–H and O–H groups in total. The topological polar surface area (TPSA) is 58.9 Å². The van der Waals surface area contributed by atoms with E-state index in [1.165, 1.54) is 38.5 Å². The zero-order chi connectivity index (χ0) is 14.5. The molecule has 1 fully saturated rings. The van der Waals surface area contributed by atoms with Crippen molar-refractivity contribution in [3.63, 3.8) is 0 Å². The van der Waals surface area contributed by atoms with Crippen LogP contribution < -0.4 is 0 Å². The van der Waals surface area contributed by atoms with Crippen LogP contribution in [0, 0.1) is 0 Å². The number of unbranched alkanes of at least 4 members (excludes halogenated alkanes) is 1. The summed E-state index contributed by atoms with van der Waals surface area (Å²) in [6.45, 7) is 6.89. The maximum absolute atomic E-state index is 8.69. The molecule has 0 aromatic rings. The van der Waals surface area contributed by atoms with Crippen LogP contribution in [-0.2, 0) is 9.47 Å².